The third-order valence-electron chi connectivity index (χ3n) is 2.50. The van der Waals surface area contributed by atoms with E-state index in [1.165, 1.54) is 38.5 Å². The van der Waals surface area contributed by atoms with Gasteiger partial charge in [0.25, 0.3) is 0 Å². The minimum atomic E-state index is 0.938. The van der Waals surface area contributed by atoms with Crippen LogP contribution in [0.5, 0.6) is 0 Å². The van der Waals surface area contributed by atoms with Crippen LogP contribution in [0.3, 0.4) is 0 Å². The number of hydrogen-bond donors (Lipinski definition) is 0. The van der Waals surface area contributed by atoms with E-state index in [9.17, 15) is 0 Å². The van der Waals surface area contributed by atoms with Gasteiger partial charge in [0.05, 0.1) is 0 Å². The lowest BCUT2D eigenvalue weighted by atomic mass is 9.95. The predicted molar refractivity (Wildman–Crippen MR) is 57.4 cm³/mol. The van der Waals surface area contributed by atoms with E-state index < -0.39 is 0 Å². The van der Waals surface area contributed by atoms with E-state index in [0.29, 0.717) is 0 Å². The molecule has 0 nitrogen and oxygen atoms in total. The van der Waals surface area contributed by atoms with E-state index in [1.807, 2.05) is 0 Å². The SMILES string of the molecule is CC=CCC(CC)CCCCC. The zero-order valence-electron chi connectivity index (χ0n) is 8.97. The Balaban J connectivity index is 3.39. The first-order valence-corrected chi connectivity index (χ1v) is 5.46. The summed E-state index contributed by atoms with van der Waals surface area (Å²) in [5, 5.41) is 0. The Kier molecular flexibility index (Phi) is 8.64. The molecule has 1 atom stereocenters. The van der Waals surface area contributed by atoms with Crippen LogP contribution in [0.15, 0.2) is 12.2 Å². The van der Waals surface area contributed by atoms with Gasteiger partial charge in [-0.3, -0.25) is 0 Å². The first-order valence-electron chi connectivity index (χ1n) is 5.46. The minimum Gasteiger partial charge on any atom is -0.0917 e. The summed E-state index contributed by atoms with van der Waals surface area (Å²) in [6.45, 7) is 6.69. The van der Waals surface area contributed by atoms with Crippen molar-refractivity contribution in [2.45, 2.75) is 59.3 Å². The molecule has 0 aliphatic rings. The normalized spacial score (nSPS) is 13.9. The Morgan fingerprint density at radius 2 is 1.92 bits per heavy atom. The molecule has 0 aromatic rings. The maximum Gasteiger partial charge on any atom is -0.0322 e. The second-order valence-electron chi connectivity index (χ2n) is 3.57. The summed E-state index contributed by atoms with van der Waals surface area (Å²) < 4.78 is 0. The zero-order valence-corrected chi connectivity index (χ0v) is 8.97. The van der Waals surface area contributed by atoms with Crippen LogP contribution in [0.25, 0.3) is 0 Å². The third kappa shape index (κ3) is 6.45. The number of rotatable bonds is 7. The van der Waals surface area contributed by atoms with Crippen LogP contribution in [0.4, 0.5) is 0 Å². The van der Waals surface area contributed by atoms with Gasteiger partial charge >= 0.3 is 0 Å². The van der Waals surface area contributed by atoms with Crippen LogP contribution in [0, 0.1) is 5.92 Å². The summed E-state index contributed by atoms with van der Waals surface area (Å²) in [5.74, 6) is 0.938. The molecule has 0 saturated heterocycles. The summed E-state index contributed by atoms with van der Waals surface area (Å²) in [6, 6.07) is 0. The molecule has 0 rings (SSSR count). The van der Waals surface area contributed by atoms with Gasteiger partial charge in [-0.15, -0.1) is 0 Å². The monoisotopic (exact) mass is 168 g/mol. The molecule has 0 radical (unpaired) electrons. The van der Waals surface area contributed by atoms with Gasteiger partial charge in [0, 0.05) is 0 Å². The molecule has 0 heteroatoms. The van der Waals surface area contributed by atoms with Crippen LogP contribution < -0.4 is 0 Å². The molecule has 0 fully saturated rings. The van der Waals surface area contributed by atoms with Gasteiger partial charge in [-0.05, 0) is 19.3 Å². The summed E-state index contributed by atoms with van der Waals surface area (Å²) >= 11 is 0. The Labute approximate surface area is 78.1 Å². The molecule has 12 heavy (non-hydrogen) atoms. The van der Waals surface area contributed by atoms with Crippen molar-refractivity contribution in [2.24, 2.45) is 5.92 Å². The second-order valence-corrected chi connectivity index (χ2v) is 3.57. The fourth-order valence-electron chi connectivity index (χ4n) is 1.50. The molecule has 0 aromatic heterocycles. The molecule has 0 N–H and O–H groups in total. The topological polar surface area (TPSA) is 0 Å². The van der Waals surface area contributed by atoms with Gasteiger partial charge in [-0.1, -0.05) is 58.1 Å². The van der Waals surface area contributed by atoms with Crippen molar-refractivity contribution in [3.63, 3.8) is 0 Å². The zero-order chi connectivity index (χ0) is 9.23. The highest BCUT2D eigenvalue weighted by molar-refractivity contribution is 4.79. The van der Waals surface area contributed by atoms with E-state index in [1.54, 1.807) is 0 Å². The molecule has 0 saturated carbocycles. The third-order valence-corrected chi connectivity index (χ3v) is 2.50. The van der Waals surface area contributed by atoms with E-state index in [4.69, 9.17) is 0 Å². The number of unbranched alkanes of at least 4 members (excludes halogenated alkanes) is 2. The van der Waals surface area contributed by atoms with Crippen molar-refractivity contribution in [2.75, 3.05) is 0 Å². The Morgan fingerprint density at radius 1 is 1.17 bits per heavy atom. The molecule has 0 amide bonds. The summed E-state index contributed by atoms with van der Waals surface area (Å²) in [7, 11) is 0. The van der Waals surface area contributed by atoms with Crippen molar-refractivity contribution in [3.8, 4) is 0 Å². The van der Waals surface area contributed by atoms with Crippen LogP contribution in [0.1, 0.15) is 59.3 Å². The largest absolute Gasteiger partial charge is 0.0917 e. The van der Waals surface area contributed by atoms with Crippen molar-refractivity contribution in [1.82, 2.24) is 0 Å². The van der Waals surface area contributed by atoms with Crippen LogP contribution in [-0.4, -0.2) is 0 Å². The molecular weight excluding hydrogens is 144 g/mol. The average Bonchev–Trinajstić information content (AvgIpc) is 2.11. The average molecular weight is 168 g/mol. The van der Waals surface area contributed by atoms with Gasteiger partial charge in [0.15, 0.2) is 0 Å². The number of hydrogen-bond acceptors (Lipinski definition) is 0. The lowest BCUT2D eigenvalue weighted by Crippen LogP contribution is -1.96. The van der Waals surface area contributed by atoms with Crippen molar-refractivity contribution in [3.05, 3.63) is 12.2 Å². The van der Waals surface area contributed by atoms with Crippen molar-refractivity contribution < 1.29 is 0 Å². The maximum absolute atomic E-state index is 2.31. The summed E-state index contributed by atoms with van der Waals surface area (Å²) in [6.07, 6.45) is 12.7. The fraction of sp³-hybridized carbons (Fsp3) is 0.833. The molecule has 0 aliphatic carbocycles. The molecular formula is C12H24. The summed E-state index contributed by atoms with van der Waals surface area (Å²) in [4.78, 5) is 0. The van der Waals surface area contributed by atoms with Crippen LogP contribution in [-0.2, 0) is 0 Å². The number of allylic oxidation sites excluding steroid dienone is 2. The quantitative estimate of drug-likeness (QED) is 0.386. The van der Waals surface area contributed by atoms with E-state index >= 15 is 0 Å². The fourth-order valence-corrected chi connectivity index (χ4v) is 1.50. The minimum absolute atomic E-state index is 0.938. The Bertz CT molecular complexity index is 103. The molecule has 0 aromatic carbocycles. The van der Waals surface area contributed by atoms with Crippen LogP contribution >= 0.6 is 0 Å². The van der Waals surface area contributed by atoms with E-state index in [-0.39, 0.29) is 0 Å². The molecule has 1 unspecified atom stereocenters. The Hall–Kier alpha value is -0.260. The molecule has 72 valence electrons. The van der Waals surface area contributed by atoms with E-state index in [0.717, 1.165) is 5.92 Å². The van der Waals surface area contributed by atoms with E-state index in [2.05, 4.69) is 32.9 Å². The lowest BCUT2D eigenvalue weighted by Gasteiger charge is -2.11. The first-order chi connectivity index (χ1) is 5.85. The molecule has 0 aliphatic heterocycles. The van der Waals surface area contributed by atoms with Crippen molar-refractivity contribution in [1.29, 1.82) is 0 Å². The maximum atomic E-state index is 2.31. The highest BCUT2D eigenvalue weighted by Crippen LogP contribution is 2.17. The smallest absolute Gasteiger partial charge is 0.0322 e. The van der Waals surface area contributed by atoms with Gasteiger partial charge in [-0.25, -0.2) is 0 Å². The summed E-state index contributed by atoms with van der Waals surface area (Å²) in [5.41, 5.74) is 0. The Morgan fingerprint density at radius 3 is 2.42 bits per heavy atom. The molecule has 0 spiro atoms. The highest BCUT2D eigenvalue weighted by atomic mass is 14.1. The first kappa shape index (κ1) is 11.7. The molecule has 0 heterocycles. The highest BCUT2D eigenvalue weighted by Gasteiger charge is 2.02. The predicted octanol–water partition coefficient (Wildman–Crippen LogP) is 4.56. The standard InChI is InChI=1S/C12H24/c1-4-7-9-11-12(6-3)10-8-5-2/h5,8,12H,4,6-7,9-11H2,1-3H3. The molecule has 0 bridgehead atoms. The van der Waals surface area contributed by atoms with Crippen LogP contribution in [0.2, 0.25) is 0 Å². The van der Waals surface area contributed by atoms with Gasteiger partial charge in [0.2, 0.25) is 0 Å². The second kappa shape index (κ2) is 8.83. The lowest BCUT2D eigenvalue weighted by molar-refractivity contribution is 0.449. The van der Waals surface area contributed by atoms with Crippen molar-refractivity contribution >= 4 is 0 Å². The van der Waals surface area contributed by atoms with Gasteiger partial charge in [-0.2, -0.15) is 0 Å². The van der Waals surface area contributed by atoms with Gasteiger partial charge in [0.1, 0.15) is 0 Å². The van der Waals surface area contributed by atoms with Gasteiger partial charge < -0.3 is 0 Å².